The third-order valence-electron chi connectivity index (χ3n) is 5.04. The van der Waals surface area contributed by atoms with E-state index in [1.807, 2.05) is 18.4 Å². The smallest absolute Gasteiger partial charge is 0.272 e. The monoisotopic (exact) mass is 505 g/mol. The largest absolute Gasteiger partial charge is 0.335 e. The molecule has 4 aromatic rings. The first-order valence-electron chi connectivity index (χ1n) is 10.1. The zero-order chi connectivity index (χ0) is 24.4. The van der Waals surface area contributed by atoms with Gasteiger partial charge in [-0.25, -0.2) is 22.5 Å². The third kappa shape index (κ3) is 5.02. The van der Waals surface area contributed by atoms with E-state index in [0.717, 1.165) is 34.3 Å². The number of hydrogen-bond acceptors (Lipinski definition) is 4. The maximum absolute atomic E-state index is 14.1. The Labute approximate surface area is 201 Å². The minimum absolute atomic E-state index is 0.199. The van der Waals surface area contributed by atoms with Crippen molar-refractivity contribution >= 4 is 29.0 Å². The molecule has 0 atom stereocenters. The quantitative estimate of drug-likeness (QED) is 0.167. The summed E-state index contributed by atoms with van der Waals surface area (Å²) in [6, 6.07) is 9.00. The number of benzene rings is 2. The van der Waals surface area contributed by atoms with Gasteiger partial charge in [0.05, 0.1) is 12.7 Å². The van der Waals surface area contributed by atoms with Crippen LogP contribution in [0.25, 0.3) is 5.69 Å². The molecule has 0 N–H and O–H groups in total. The molecule has 0 aliphatic rings. The van der Waals surface area contributed by atoms with Gasteiger partial charge in [-0.15, -0.1) is 11.3 Å². The van der Waals surface area contributed by atoms with E-state index < -0.39 is 28.8 Å². The zero-order valence-corrected chi connectivity index (χ0v) is 19.8. The first kappa shape index (κ1) is 24.0. The molecule has 2 heterocycles. The summed E-state index contributed by atoms with van der Waals surface area (Å²) in [5.41, 5.74) is 1.32. The normalized spacial score (nSPS) is 11.1. The molecule has 0 unspecified atom stereocenters. The lowest BCUT2D eigenvalue weighted by Crippen LogP contribution is -2.27. The van der Waals surface area contributed by atoms with Crippen LogP contribution in [0.15, 0.2) is 59.2 Å². The molecule has 176 valence electrons. The minimum atomic E-state index is -1.27. The van der Waals surface area contributed by atoms with Crippen molar-refractivity contribution in [1.82, 2.24) is 14.5 Å². The van der Waals surface area contributed by atoms with Crippen molar-refractivity contribution in [3.8, 4) is 5.69 Å². The van der Waals surface area contributed by atoms with Gasteiger partial charge < -0.3 is 4.90 Å². The van der Waals surface area contributed by atoms with Crippen LogP contribution in [0.5, 0.6) is 0 Å². The molecule has 0 bridgehead atoms. The summed E-state index contributed by atoms with van der Waals surface area (Å²) < 4.78 is 56.8. The fraction of sp³-hybridized carbons (Fsp3) is 0.167. The molecule has 2 aromatic carbocycles. The second-order valence-electron chi connectivity index (χ2n) is 7.60. The highest BCUT2D eigenvalue weighted by Crippen LogP contribution is 2.30. The summed E-state index contributed by atoms with van der Waals surface area (Å²) >= 11 is 2.48. The Balaban J connectivity index is 1.67. The van der Waals surface area contributed by atoms with Crippen molar-refractivity contribution < 1.29 is 22.4 Å². The molecular weight excluding hydrogens is 486 g/mol. The van der Waals surface area contributed by atoms with E-state index in [4.69, 9.17) is 0 Å². The van der Waals surface area contributed by atoms with Crippen molar-refractivity contribution in [2.45, 2.75) is 24.4 Å². The van der Waals surface area contributed by atoms with Gasteiger partial charge in [-0.3, -0.25) is 9.36 Å². The number of thioether (sulfide) groups is 1. The maximum Gasteiger partial charge on any atom is 0.272 e. The Morgan fingerprint density at radius 2 is 1.79 bits per heavy atom. The Kier molecular flexibility index (Phi) is 7.08. The van der Waals surface area contributed by atoms with E-state index in [-0.39, 0.29) is 22.5 Å². The number of nitrogens with zero attached hydrogens (tertiary/aromatic N) is 3. The topological polar surface area (TPSA) is 38.1 Å². The molecule has 34 heavy (non-hydrogen) atoms. The standard InChI is InChI=1S/C24H19F4N3OS2/c1-14-9-17(33-12-14)11-30(2)23(32)21-10-29-24(31(21)16-5-3-15(25)4-6-16)34-13-18-19(26)7-8-20(27)22(18)28/h3-10,12H,11,13H2,1-2H3. The van der Waals surface area contributed by atoms with Crippen molar-refractivity contribution in [2.75, 3.05) is 7.05 Å². The maximum atomic E-state index is 14.1. The molecule has 0 radical (unpaired) electrons. The van der Waals surface area contributed by atoms with E-state index in [1.54, 1.807) is 18.4 Å². The van der Waals surface area contributed by atoms with E-state index in [1.165, 1.54) is 39.9 Å². The molecule has 0 aliphatic heterocycles. The molecule has 10 heteroatoms. The molecular formula is C24H19F4N3OS2. The van der Waals surface area contributed by atoms with Crippen LogP contribution in [-0.4, -0.2) is 27.4 Å². The van der Waals surface area contributed by atoms with Crippen LogP contribution >= 0.6 is 23.1 Å². The van der Waals surface area contributed by atoms with Crippen LogP contribution in [-0.2, 0) is 12.3 Å². The van der Waals surface area contributed by atoms with E-state index in [0.29, 0.717) is 12.2 Å². The Morgan fingerprint density at radius 3 is 2.47 bits per heavy atom. The van der Waals surface area contributed by atoms with Gasteiger partial charge in [-0.05, 0) is 60.3 Å². The van der Waals surface area contributed by atoms with Gasteiger partial charge in [0.2, 0.25) is 0 Å². The lowest BCUT2D eigenvalue weighted by Gasteiger charge is -2.18. The second-order valence-corrected chi connectivity index (χ2v) is 9.54. The van der Waals surface area contributed by atoms with Crippen LogP contribution in [0.3, 0.4) is 0 Å². The van der Waals surface area contributed by atoms with Crippen molar-refractivity contribution in [1.29, 1.82) is 0 Å². The number of carbonyl (C=O) groups excluding carboxylic acids is 1. The molecule has 0 saturated carbocycles. The molecule has 1 amide bonds. The van der Waals surface area contributed by atoms with Gasteiger partial charge in [0, 0.05) is 28.9 Å². The summed E-state index contributed by atoms with van der Waals surface area (Å²) in [6.07, 6.45) is 1.36. The number of amides is 1. The highest BCUT2D eigenvalue weighted by atomic mass is 32.2. The molecule has 0 spiro atoms. The number of carbonyl (C=O) groups is 1. The molecule has 2 aromatic heterocycles. The minimum Gasteiger partial charge on any atom is -0.335 e. The van der Waals surface area contributed by atoms with Crippen LogP contribution < -0.4 is 0 Å². The van der Waals surface area contributed by atoms with Crippen molar-refractivity contribution in [3.05, 3.63) is 99.0 Å². The van der Waals surface area contributed by atoms with Crippen LogP contribution in [0.1, 0.15) is 26.5 Å². The second kappa shape index (κ2) is 10.0. The van der Waals surface area contributed by atoms with Crippen molar-refractivity contribution in [3.63, 3.8) is 0 Å². The Bertz CT molecular complexity index is 1330. The Morgan fingerprint density at radius 1 is 1.09 bits per heavy atom. The lowest BCUT2D eigenvalue weighted by molar-refractivity contribution is 0.0778. The number of thiophene rings is 1. The molecule has 0 saturated heterocycles. The third-order valence-corrected chi connectivity index (χ3v) is 7.06. The van der Waals surface area contributed by atoms with Gasteiger partial charge in [-0.1, -0.05) is 11.8 Å². The van der Waals surface area contributed by atoms with E-state index in [2.05, 4.69) is 4.98 Å². The van der Waals surface area contributed by atoms with E-state index in [9.17, 15) is 22.4 Å². The van der Waals surface area contributed by atoms with E-state index >= 15 is 0 Å². The van der Waals surface area contributed by atoms with Crippen LogP contribution in [0, 0.1) is 30.2 Å². The first-order valence-corrected chi connectivity index (χ1v) is 12.0. The van der Waals surface area contributed by atoms with Gasteiger partial charge in [-0.2, -0.15) is 0 Å². The summed E-state index contributed by atoms with van der Waals surface area (Å²) in [5, 5.41) is 2.24. The summed E-state index contributed by atoms with van der Waals surface area (Å²) in [5.74, 6) is -4.35. The molecule has 4 nitrogen and oxygen atoms in total. The summed E-state index contributed by atoms with van der Waals surface area (Å²) in [7, 11) is 1.66. The molecule has 0 fully saturated rings. The highest BCUT2D eigenvalue weighted by molar-refractivity contribution is 7.98. The Hall–Kier alpha value is -3.11. The van der Waals surface area contributed by atoms with Crippen molar-refractivity contribution in [2.24, 2.45) is 0 Å². The van der Waals surface area contributed by atoms with Gasteiger partial charge >= 0.3 is 0 Å². The zero-order valence-electron chi connectivity index (χ0n) is 18.2. The predicted octanol–water partition coefficient (Wildman–Crippen LogP) is 6.36. The van der Waals surface area contributed by atoms with Gasteiger partial charge in [0.25, 0.3) is 5.91 Å². The first-order chi connectivity index (χ1) is 16.2. The number of halogens is 4. The number of imidazole rings is 1. The molecule has 4 rings (SSSR count). The number of aromatic nitrogens is 2. The predicted molar refractivity (Wildman–Crippen MR) is 124 cm³/mol. The SMILES string of the molecule is Cc1csc(CN(C)C(=O)c2cnc(SCc3c(F)ccc(F)c3F)n2-c2ccc(F)cc2)c1. The fourth-order valence-corrected chi connectivity index (χ4v) is 5.27. The number of hydrogen-bond donors (Lipinski definition) is 0. The summed E-state index contributed by atoms with van der Waals surface area (Å²) in [6.45, 7) is 2.35. The number of aryl methyl sites for hydroxylation is 1. The lowest BCUT2D eigenvalue weighted by atomic mass is 10.2. The van der Waals surface area contributed by atoms with Gasteiger partial charge in [0.1, 0.15) is 17.3 Å². The average Bonchev–Trinajstić information content (AvgIpc) is 3.42. The average molecular weight is 506 g/mol. The number of rotatable bonds is 7. The summed E-state index contributed by atoms with van der Waals surface area (Å²) in [4.78, 5) is 20.1. The van der Waals surface area contributed by atoms with Crippen LogP contribution in [0.4, 0.5) is 17.6 Å². The molecule has 0 aliphatic carbocycles. The fourth-order valence-electron chi connectivity index (χ4n) is 3.34. The van der Waals surface area contributed by atoms with Crippen LogP contribution in [0.2, 0.25) is 0 Å². The highest BCUT2D eigenvalue weighted by Gasteiger charge is 2.23. The van der Waals surface area contributed by atoms with Gasteiger partial charge in [0.15, 0.2) is 16.8 Å².